The van der Waals surface area contributed by atoms with Crippen LogP contribution in [0.25, 0.3) is 0 Å². The van der Waals surface area contributed by atoms with E-state index >= 15 is 0 Å². The van der Waals surface area contributed by atoms with Gasteiger partial charge in [0.2, 0.25) is 0 Å². The van der Waals surface area contributed by atoms with E-state index in [4.69, 9.17) is 9.47 Å². The van der Waals surface area contributed by atoms with E-state index < -0.39 is 58.1 Å². The summed E-state index contributed by atoms with van der Waals surface area (Å²) < 4.78 is 10.5. The first-order chi connectivity index (χ1) is 18.1. The van der Waals surface area contributed by atoms with Crippen molar-refractivity contribution >= 4 is 17.7 Å². The summed E-state index contributed by atoms with van der Waals surface area (Å²) >= 11 is 0. The first-order valence-corrected chi connectivity index (χ1v) is 14.5. The molecule has 0 bridgehead atoms. The summed E-state index contributed by atoms with van der Waals surface area (Å²) in [6.45, 7) is 8.87. The lowest BCUT2D eigenvalue weighted by Crippen LogP contribution is -2.63. The average Bonchev–Trinajstić information content (AvgIpc) is 3.31. The number of esters is 2. The molecule has 5 rings (SSSR count). The molecule has 0 amide bonds. The molecule has 4 aliphatic carbocycles. The highest BCUT2D eigenvalue weighted by molar-refractivity contribution is 5.95. The second-order valence-corrected chi connectivity index (χ2v) is 13.8. The van der Waals surface area contributed by atoms with Gasteiger partial charge in [-0.15, -0.1) is 0 Å². The zero-order valence-corrected chi connectivity index (χ0v) is 23.7. The van der Waals surface area contributed by atoms with Gasteiger partial charge in [-0.25, -0.2) is 0 Å². The highest BCUT2D eigenvalue weighted by Crippen LogP contribution is 2.68. The highest BCUT2D eigenvalue weighted by Gasteiger charge is 2.69. The molecule has 218 valence electrons. The number of cyclic esters (lactones) is 1. The Kier molecular flexibility index (Phi) is 6.89. The minimum absolute atomic E-state index is 0.124. The minimum Gasteiger partial charge on any atom is -0.465 e. The SMILES string of the molecule is CC(=O)O[C@@H]1C[C@H]2C(=O)C=C3C(CC[C@]4(C)[C@@H]([C@@](C)(O)[C@H](O)C[C@@H]5COC(=O)[C@H]5C)CC[C@@]34O)[C@@]2(C)C[C@@H]1O. The lowest BCUT2D eigenvalue weighted by molar-refractivity contribution is -0.183. The largest absolute Gasteiger partial charge is 0.465 e. The van der Waals surface area contributed by atoms with Crippen molar-refractivity contribution in [2.24, 2.45) is 40.4 Å². The van der Waals surface area contributed by atoms with Gasteiger partial charge in [0, 0.05) is 24.2 Å². The number of hydrogen-bond acceptors (Lipinski definition) is 9. The van der Waals surface area contributed by atoms with Crippen molar-refractivity contribution in [3.05, 3.63) is 11.6 Å². The van der Waals surface area contributed by atoms with Crippen molar-refractivity contribution in [1.29, 1.82) is 0 Å². The Balaban J connectivity index is 1.42. The lowest BCUT2D eigenvalue weighted by Gasteiger charge is -2.60. The molecule has 4 N–H and O–H groups in total. The molecule has 0 aromatic heterocycles. The Morgan fingerprint density at radius 2 is 1.92 bits per heavy atom. The molecule has 1 aliphatic heterocycles. The predicted molar refractivity (Wildman–Crippen MR) is 139 cm³/mol. The number of aliphatic hydroxyl groups is 4. The van der Waals surface area contributed by atoms with Crippen LogP contribution >= 0.6 is 0 Å². The molecule has 0 spiro atoms. The Bertz CT molecular complexity index is 1080. The number of allylic oxidation sites excluding steroid dienone is 1. The quantitative estimate of drug-likeness (QED) is 0.379. The number of carbonyl (C=O) groups is 3. The molecule has 3 saturated carbocycles. The van der Waals surface area contributed by atoms with Crippen LogP contribution in [0.15, 0.2) is 11.6 Å². The van der Waals surface area contributed by atoms with E-state index in [9.17, 15) is 34.8 Å². The smallest absolute Gasteiger partial charge is 0.309 e. The van der Waals surface area contributed by atoms with Crippen LogP contribution in [0.2, 0.25) is 0 Å². The van der Waals surface area contributed by atoms with Crippen LogP contribution in [0.3, 0.4) is 0 Å². The van der Waals surface area contributed by atoms with E-state index in [-0.39, 0.29) is 55.4 Å². The van der Waals surface area contributed by atoms with Gasteiger partial charge in [0.25, 0.3) is 0 Å². The van der Waals surface area contributed by atoms with Gasteiger partial charge in [0.15, 0.2) is 5.78 Å². The average molecular weight is 549 g/mol. The summed E-state index contributed by atoms with van der Waals surface area (Å²) in [5, 5.41) is 46.3. The Hall–Kier alpha value is -1.81. The maximum atomic E-state index is 13.6. The number of fused-ring (bicyclic) bond motifs is 5. The van der Waals surface area contributed by atoms with Gasteiger partial charge in [-0.3, -0.25) is 14.4 Å². The van der Waals surface area contributed by atoms with E-state index in [1.54, 1.807) is 19.9 Å². The summed E-state index contributed by atoms with van der Waals surface area (Å²) in [4.78, 5) is 37.0. The second kappa shape index (κ2) is 9.36. The Labute approximate surface area is 229 Å². The number of rotatable bonds is 5. The van der Waals surface area contributed by atoms with Gasteiger partial charge >= 0.3 is 11.9 Å². The fraction of sp³-hybridized carbons (Fsp3) is 0.833. The third-order valence-electron chi connectivity index (χ3n) is 11.8. The van der Waals surface area contributed by atoms with E-state index in [1.165, 1.54) is 6.92 Å². The lowest BCUT2D eigenvalue weighted by atomic mass is 9.45. The monoisotopic (exact) mass is 548 g/mol. The van der Waals surface area contributed by atoms with Crippen LogP contribution in [0.4, 0.5) is 0 Å². The Morgan fingerprint density at radius 3 is 2.54 bits per heavy atom. The first-order valence-electron chi connectivity index (χ1n) is 14.5. The van der Waals surface area contributed by atoms with Crippen LogP contribution in [0.5, 0.6) is 0 Å². The fourth-order valence-corrected chi connectivity index (χ4v) is 9.32. The summed E-state index contributed by atoms with van der Waals surface area (Å²) in [5.74, 6) is -2.44. The molecule has 1 heterocycles. The standard InChI is InChI=1S/C30H44O9/c1-15-17(14-38-26(15)35)10-25(34)29(5,36)24-7-9-30(37)19-11-21(32)20-12-23(39-16(2)31)22(33)13-27(20,3)18(19)6-8-28(24,30)4/h11,15,17-18,20,22-25,33-34,36-37H,6-10,12-14H2,1-5H3/t15-,17+,18?,20-,22-,23+,24-,25+,27+,28+,29+,30+/m0/s1. The molecule has 1 saturated heterocycles. The van der Waals surface area contributed by atoms with Crippen molar-refractivity contribution < 1.29 is 44.3 Å². The molecule has 0 aromatic rings. The zero-order valence-electron chi connectivity index (χ0n) is 23.7. The van der Waals surface area contributed by atoms with Gasteiger partial charge in [0.1, 0.15) is 6.10 Å². The minimum atomic E-state index is -1.53. The summed E-state index contributed by atoms with van der Waals surface area (Å²) in [5.41, 5.74) is -3.58. The molecular weight excluding hydrogens is 504 g/mol. The van der Waals surface area contributed by atoms with Crippen LogP contribution < -0.4 is 0 Å². The zero-order chi connectivity index (χ0) is 28.7. The van der Waals surface area contributed by atoms with Gasteiger partial charge in [-0.05, 0) is 80.8 Å². The molecule has 12 atom stereocenters. The molecule has 0 aromatic carbocycles. The van der Waals surface area contributed by atoms with Crippen LogP contribution in [0, 0.1) is 40.4 Å². The summed E-state index contributed by atoms with van der Waals surface area (Å²) in [7, 11) is 0. The van der Waals surface area contributed by atoms with Crippen molar-refractivity contribution in [3.8, 4) is 0 Å². The first kappa shape index (κ1) is 28.7. The maximum Gasteiger partial charge on any atom is 0.309 e. The van der Waals surface area contributed by atoms with Crippen molar-refractivity contribution in [2.75, 3.05) is 6.61 Å². The molecule has 9 nitrogen and oxygen atoms in total. The normalized spacial score (nSPS) is 47.7. The number of carbonyl (C=O) groups excluding carboxylic acids is 3. The van der Waals surface area contributed by atoms with Crippen molar-refractivity contribution in [2.45, 2.75) is 109 Å². The maximum absolute atomic E-state index is 13.6. The van der Waals surface area contributed by atoms with Gasteiger partial charge in [-0.2, -0.15) is 0 Å². The van der Waals surface area contributed by atoms with Crippen LogP contribution in [-0.4, -0.2) is 74.3 Å². The molecular formula is C30H44O9. The van der Waals surface area contributed by atoms with Gasteiger partial charge < -0.3 is 29.9 Å². The van der Waals surface area contributed by atoms with E-state index in [1.807, 2.05) is 13.8 Å². The number of aliphatic hydroxyl groups excluding tert-OH is 2. The third-order valence-corrected chi connectivity index (χ3v) is 11.8. The van der Waals surface area contributed by atoms with Crippen LogP contribution in [0.1, 0.15) is 79.6 Å². The molecule has 0 radical (unpaired) electrons. The molecule has 5 aliphatic rings. The Morgan fingerprint density at radius 1 is 1.23 bits per heavy atom. The van der Waals surface area contributed by atoms with E-state index in [0.717, 1.165) is 0 Å². The topological polar surface area (TPSA) is 151 Å². The second-order valence-electron chi connectivity index (χ2n) is 13.8. The van der Waals surface area contributed by atoms with E-state index in [0.29, 0.717) is 31.3 Å². The number of ether oxygens (including phenoxy) is 2. The van der Waals surface area contributed by atoms with Gasteiger partial charge in [0.05, 0.1) is 35.9 Å². The highest BCUT2D eigenvalue weighted by atomic mass is 16.6. The van der Waals surface area contributed by atoms with Crippen LogP contribution in [-0.2, 0) is 23.9 Å². The summed E-state index contributed by atoms with van der Waals surface area (Å²) in [6.07, 6.45) is 1.69. The van der Waals surface area contributed by atoms with Crippen molar-refractivity contribution in [3.63, 3.8) is 0 Å². The van der Waals surface area contributed by atoms with Crippen molar-refractivity contribution in [1.82, 2.24) is 0 Å². The molecule has 4 fully saturated rings. The predicted octanol–water partition coefficient (Wildman–Crippen LogP) is 2.07. The fourth-order valence-electron chi connectivity index (χ4n) is 9.32. The molecule has 1 unspecified atom stereocenters. The number of ketones is 1. The summed E-state index contributed by atoms with van der Waals surface area (Å²) in [6, 6.07) is 0. The third kappa shape index (κ3) is 4.13. The molecule has 9 heteroatoms. The van der Waals surface area contributed by atoms with E-state index in [2.05, 4.69) is 0 Å². The van der Waals surface area contributed by atoms with Gasteiger partial charge in [-0.1, -0.05) is 20.8 Å². The number of hydrogen-bond donors (Lipinski definition) is 4. The molecule has 39 heavy (non-hydrogen) atoms.